The number of unbranched alkanes of at least 4 members (excludes halogenated alkanes) is 8. The Labute approximate surface area is 165 Å². The molecule has 0 amide bonds. The molecule has 0 aliphatic rings. The van der Waals surface area contributed by atoms with Gasteiger partial charge in [0.15, 0.2) is 8.32 Å². The summed E-state index contributed by atoms with van der Waals surface area (Å²) in [6, 6.07) is 0. The fraction of sp³-hybridized carbons (Fsp3) is 0.913. The zero-order valence-corrected chi connectivity index (χ0v) is 19.6. The van der Waals surface area contributed by atoms with Crippen LogP contribution in [0.2, 0.25) is 18.1 Å². The average molecular weight is 383 g/mol. The molecule has 26 heavy (non-hydrogen) atoms. The predicted molar refractivity (Wildman–Crippen MR) is 118 cm³/mol. The highest BCUT2D eigenvalue weighted by molar-refractivity contribution is 6.74. The molecule has 0 radical (unpaired) electrons. The van der Waals surface area contributed by atoms with Crippen molar-refractivity contribution in [2.24, 2.45) is 0 Å². The van der Waals surface area contributed by atoms with E-state index in [9.17, 15) is 5.11 Å². The van der Waals surface area contributed by atoms with Crippen LogP contribution in [0.4, 0.5) is 0 Å². The molecule has 0 heterocycles. The van der Waals surface area contributed by atoms with E-state index in [0.29, 0.717) is 12.8 Å². The second-order valence-corrected chi connectivity index (χ2v) is 14.2. The SMILES string of the molecule is C#CC[C@H](C[C@H](O)CCCCCCCCCCC)O[Si](C)(C)C(C)(C)C. The van der Waals surface area contributed by atoms with Gasteiger partial charge in [-0.3, -0.25) is 0 Å². The minimum Gasteiger partial charge on any atom is -0.413 e. The van der Waals surface area contributed by atoms with Gasteiger partial charge in [-0.1, -0.05) is 85.5 Å². The largest absolute Gasteiger partial charge is 0.413 e. The van der Waals surface area contributed by atoms with E-state index >= 15 is 0 Å². The molecule has 0 aromatic heterocycles. The second kappa shape index (κ2) is 13.8. The van der Waals surface area contributed by atoms with Crippen LogP contribution in [-0.2, 0) is 4.43 Å². The molecule has 0 bridgehead atoms. The first kappa shape index (κ1) is 25.7. The van der Waals surface area contributed by atoms with Crippen molar-refractivity contribution < 1.29 is 9.53 Å². The molecule has 0 aliphatic carbocycles. The summed E-state index contributed by atoms with van der Waals surface area (Å²) < 4.78 is 6.44. The van der Waals surface area contributed by atoms with E-state index in [1.54, 1.807) is 0 Å². The van der Waals surface area contributed by atoms with E-state index in [4.69, 9.17) is 10.8 Å². The van der Waals surface area contributed by atoms with E-state index < -0.39 is 8.32 Å². The van der Waals surface area contributed by atoms with E-state index in [1.165, 1.54) is 51.4 Å². The van der Waals surface area contributed by atoms with Crippen LogP contribution in [0.25, 0.3) is 0 Å². The highest BCUT2D eigenvalue weighted by atomic mass is 28.4. The average Bonchev–Trinajstić information content (AvgIpc) is 2.52. The summed E-state index contributed by atoms with van der Waals surface area (Å²) >= 11 is 0. The zero-order valence-electron chi connectivity index (χ0n) is 18.6. The molecule has 0 saturated heterocycles. The molecule has 0 fully saturated rings. The smallest absolute Gasteiger partial charge is 0.192 e. The van der Waals surface area contributed by atoms with Crippen LogP contribution in [0.1, 0.15) is 105 Å². The molecule has 1 N–H and O–H groups in total. The van der Waals surface area contributed by atoms with Gasteiger partial charge in [-0.15, -0.1) is 12.3 Å². The van der Waals surface area contributed by atoms with Crippen molar-refractivity contribution in [2.75, 3.05) is 0 Å². The quantitative estimate of drug-likeness (QED) is 0.186. The molecule has 154 valence electrons. The molecule has 2 nitrogen and oxygen atoms in total. The normalized spacial score (nSPS) is 14.8. The van der Waals surface area contributed by atoms with Crippen molar-refractivity contribution >= 4 is 8.32 Å². The summed E-state index contributed by atoms with van der Waals surface area (Å²) in [4.78, 5) is 0. The third-order valence-electron chi connectivity index (χ3n) is 5.79. The predicted octanol–water partition coefficient (Wildman–Crippen LogP) is 7.07. The van der Waals surface area contributed by atoms with E-state index in [2.05, 4.69) is 46.7 Å². The molecule has 0 aliphatic heterocycles. The number of hydrogen-bond acceptors (Lipinski definition) is 2. The Morgan fingerprint density at radius 1 is 0.962 bits per heavy atom. The summed E-state index contributed by atoms with van der Waals surface area (Å²) in [5.74, 6) is 2.74. The Bertz CT molecular complexity index is 379. The minimum absolute atomic E-state index is 0.00513. The second-order valence-electron chi connectivity index (χ2n) is 9.42. The van der Waals surface area contributed by atoms with Crippen molar-refractivity contribution in [2.45, 2.75) is 135 Å². The molecule has 2 atom stereocenters. The third kappa shape index (κ3) is 12.2. The van der Waals surface area contributed by atoms with Gasteiger partial charge in [0.25, 0.3) is 0 Å². The summed E-state index contributed by atoms with van der Waals surface area (Å²) in [5.41, 5.74) is 0. The van der Waals surface area contributed by atoms with Crippen LogP contribution in [0.3, 0.4) is 0 Å². The standard InChI is InChI=1S/C23H46O2Si/c1-8-10-11-12-13-14-15-16-17-19-21(24)20-22(18-9-2)25-26(6,7)23(3,4)5/h2,21-22,24H,8,10-20H2,1,3-7H3/t21-,22-/m1/s1. The van der Waals surface area contributed by atoms with Crippen LogP contribution >= 0.6 is 0 Å². The highest BCUT2D eigenvalue weighted by Crippen LogP contribution is 2.38. The zero-order chi connectivity index (χ0) is 20.1. The molecule has 0 saturated carbocycles. The molecular weight excluding hydrogens is 336 g/mol. The van der Waals surface area contributed by atoms with Gasteiger partial charge in [0, 0.05) is 6.42 Å². The topological polar surface area (TPSA) is 29.5 Å². The van der Waals surface area contributed by atoms with Crippen LogP contribution < -0.4 is 0 Å². The number of terminal acetylenes is 1. The number of rotatable bonds is 15. The first-order valence-corrected chi connectivity index (χ1v) is 13.8. The van der Waals surface area contributed by atoms with Crippen molar-refractivity contribution in [3.8, 4) is 12.3 Å². The Morgan fingerprint density at radius 2 is 1.46 bits per heavy atom. The van der Waals surface area contributed by atoms with Gasteiger partial charge >= 0.3 is 0 Å². The van der Waals surface area contributed by atoms with E-state index in [0.717, 1.165) is 12.8 Å². The Kier molecular flexibility index (Phi) is 13.6. The fourth-order valence-electron chi connectivity index (χ4n) is 3.01. The number of hydrogen-bond donors (Lipinski definition) is 1. The molecule has 3 heteroatoms. The molecule has 0 aromatic carbocycles. The maximum atomic E-state index is 10.4. The lowest BCUT2D eigenvalue weighted by Crippen LogP contribution is -2.44. The summed E-state index contributed by atoms with van der Waals surface area (Å²) in [7, 11) is -1.84. The molecular formula is C23H46O2Si. The van der Waals surface area contributed by atoms with Crippen molar-refractivity contribution in [3.63, 3.8) is 0 Å². The number of aliphatic hydroxyl groups is 1. The van der Waals surface area contributed by atoms with E-state index in [-0.39, 0.29) is 17.2 Å². The third-order valence-corrected chi connectivity index (χ3v) is 10.3. The molecule has 0 unspecified atom stereocenters. The first-order chi connectivity index (χ1) is 12.1. The van der Waals surface area contributed by atoms with E-state index in [1.807, 2.05) is 0 Å². The van der Waals surface area contributed by atoms with Crippen LogP contribution in [0.5, 0.6) is 0 Å². The van der Waals surface area contributed by atoms with Crippen LogP contribution in [0, 0.1) is 12.3 Å². The van der Waals surface area contributed by atoms with Crippen molar-refractivity contribution in [3.05, 3.63) is 0 Å². The Balaban J connectivity index is 4.02. The Hall–Kier alpha value is -0.303. The maximum absolute atomic E-state index is 10.4. The van der Waals surface area contributed by atoms with Gasteiger partial charge in [0.05, 0.1) is 12.2 Å². The minimum atomic E-state index is -1.84. The first-order valence-electron chi connectivity index (χ1n) is 10.9. The lowest BCUT2D eigenvalue weighted by molar-refractivity contribution is 0.0818. The van der Waals surface area contributed by atoms with Gasteiger partial charge in [-0.05, 0) is 31.0 Å². The monoisotopic (exact) mass is 382 g/mol. The van der Waals surface area contributed by atoms with Crippen molar-refractivity contribution in [1.82, 2.24) is 0 Å². The fourth-order valence-corrected chi connectivity index (χ4v) is 4.38. The van der Waals surface area contributed by atoms with Crippen LogP contribution in [-0.4, -0.2) is 25.6 Å². The molecule has 0 spiro atoms. The lowest BCUT2D eigenvalue weighted by Gasteiger charge is -2.39. The van der Waals surface area contributed by atoms with Gasteiger partial charge in [0.1, 0.15) is 0 Å². The summed E-state index contributed by atoms with van der Waals surface area (Å²) in [6.45, 7) is 13.5. The van der Waals surface area contributed by atoms with Crippen molar-refractivity contribution in [1.29, 1.82) is 0 Å². The summed E-state index contributed by atoms with van der Waals surface area (Å²) in [6.07, 6.45) is 19.2. The highest BCUT2D eigenvalue weighted by Gasteiger charge is 2.39. The maximum Gasteiger partial charge on any atom is 0.192 e. The lowest BCUT2D eigenvalue weighted by atomic mass is 10.0. The number of aliphatic hydroxyl groups excluding tert-OH is 1. The Morgan fingerprint density at radius 3 is 1.92 bits per heavy atom. The van der Waals surface area contributed by atoms with Gasteiger partial charge in [0.2, 0.25) is 0 Å². The molecule has 0 aromatic rings. The summed E-state index contributed by atoms with van der Waals surface area (Å²) in [5, 5.41) is 10.6. The molecule has 0 rings (SSSR count). The van der Waals surface area contributed by atoms with Gasteiger partial charge < -0.3 is 9.53 Å². The van der Waals surface area contributed by atoms with Gasteiger partial charge in [-0.2, -0.15) is 0 Å². The van der Waals surface area contributed by atoms with Gasteiger partial charge in [-0.25, -0.2) is 0 Å². The van der Waals surface area contributed by atoms with Crippen LogP contribution in [0.15, 0.2) is 0 Å².